The molecule has 0 saturated heterocycles. The molecule has 0 fully saturated rings. The highest BCUT2D eigenvalue weighted by atomic mass is 32.2. The van der Waals surface area contributed by atoms with E-state index in [0.717, 1.165) is 11.9 Å². The van der Waals surface area contributed by atoms with Crippen LogP contribution >= 0.6 is 11.8 Å². The largest absolute Gasteiger partial charge is 0.368 e. The summed E-state index contributed by atoms with van der Waals surface area (Å²) in [4.78, 5) is 9.24. The van der Waals surface area contributed by atoms with E-state index in [1.165, 1.54) is 0 Å². The van der Waals surface area contributed by atoms with E-state index in [1.807, 2.05) is 13.2 Å². The van der Waals surface area contributed by atoms with Gasteiger partial charge in [0.1, 0.15) is 0 Å². The maximum Gasteiger partial charge on any atom is 0.222 e. The Hall–Kier alpha value is -1.04. The molecular weight excluding hydrogens is 215 g/mol. The fourth-order valence-electron chi connectivity index (χ4n) is 1.18. The molecule has 6 heteroatoms. The molecule has 15 heavy (non-hydrogen) atoms. The lowest BCUT2D eigenvalue weighted by Gasteiger charge is -2.25. The summed E-state index contributed by atoms with van der Waals surface area (Å²) in [6.07, 6.45) is 3.11. The lowest BCUT2D eigenvalue weighted by atomic mass is 10.3. The van der Waals surface area contributed by atoms with Crippen molar-refractivity contribution in [2.45, 2.75) is 13.0 Å². The van der Waals surface area contributed by atoms with Crippen molar-refractivity contribution in [3.8, 4) is 0 Å². The SMILES string of the molecule is CSCC(C)N(C)c1nc(N)ncc1F. The minimum Gasteiger partial charge on any atom is -0.368 e. The lowest BCUT2D eigenvalue weighted by molar-refractivity contribution is 0.600. The zero-order valence-corrected chi connectivity index (χ0v) is 9.88. The van der Waals surface area contributed by atoms with E-state index in [9.17, 15) is 4.39 Å². The topological polar surface area (TPSA) is 55.0 Å². The van der Waals surface area contributed by atoms with Crippen molar-refractivity contribution >= 4 is 23.5 Å². The van der Waals surface area contributed by atoms with Crippen molar-refractivity contribution in [3.63, 3.8) is 0 Å². The maximum absolute atomic E-state index is 13.4. The predicted molar refractivity (Wildman–Crippen MR) is 62.6 cm³/mol. The van der Waals surface area contributed by atoms with Crippen LogP contribution in [0.15, 0.2) is 6.20 Å². The maximum atomic E-state index is 13.4. The Labute approximate surface area is 93.1 Å². The zero-order valence-electron chi connectivity index (χ0n) is 9.07. The molecule has 0 amide bonds. The van der Waals surface area contributed by atoms with Crippen molar-refractivity contribution < 1.29 is 4.39 Å². The monoisotopic (exact) mass is 230 g/mol. The molecule has 0 aliphatic rings. The molecule has 1 unspecified atom stereocenters. The van der Waals surface area contributed by atoms with Crippen LogP contribution in [0.3, 0.4) is 0 Å². The van der Waals surface area contributed by atoms with E-state index in [0.29, 0.717) is 0 Å². The Balaban J connectivity index is 2.89. The molecule has 0 radical (unpaired) electrons. The van der Waals surface area contributed by atoms with Crippen LogP contribution in [0.5, 0.6) is 0 Å². The van der Waals surface area contributed by atoms with E-state index < -0.39 is 5.82 Å². The average molecular weight is 230 g/mol. The Bertz CT molecular complexity index is 334. The second-order valence-corrected chi connectivity index (χ2v) is 4.23. The minimum atomic E-state index is -0.445. The number of aromatic nitrogens is 2. The zero-order chi connectivity index (χ0) is 11.4. The average Bonchev–Trinajstić information content (AvgIpc) is 2.21. The van der Waals surface area contributed by atoms with Gasteiger partial charge in [-0.15, -0.1) is 0 Å². The molecule has 0 aliphatic heterocycles. The highest BCUT2D eigenvalue weighted by Gasteiger charge is 2.15. The van der Waals surface area contributed by atoms with Gasteiger partial charge >= 0.3 is 0 Å². The van der Waals surface area contributed by atoms with Crippen molar-refractivity contribution in [2.24, 2.45) is 0 Å². The smallest absolute Gasteiger partial charge is 0.222 e. The lowest BCUT2D eigenvalue weighted by Crippen LogP contribution is -2.32. The van der Waals surface area contributed by atoms with Crippen molar-refractivity contribution in [3.05, 3.63) is 12.0 Å². The van der Waals surface area contributed by atoms with Crippen LogP contribution in [0.4, 0.5) is 16.2 Å². The Morgan fingerprint density at radius 3 is 2.93 bits per heavy atom. The number of nitrogens with two attached hydrogens (primary N) is 1. The molecule has 0 bridgehead atoms. The van der Waals surface area contributed by atoms with Crippen LogP contribution in [-0.4, -0.2) is 35.1 Å². The molecule has 1 rings (SSSR count). The fourth-order valence-corrected chi connectivity index (χ4v) is 1.89. The molecule has 1 atom stereocenters. The van der Waals surface area contributed by atoms with Gasteiger partial charge in [-0.2, -0.15) is 16.7 Å². The molecule has 84 valence electrons. The summed E-state index contributed by atoms with van der Waals surface area (Å²) in [5.41, 5.74) is 5.42. The van der Waals surface area contributed by atoms with E-state index >= 15 is 0 Å². The van der Waals surface area contributed by atoms with Crippen LogP contribution in [-0.2, 0) is 0 Å². The summed E-state index contributed by atoms with van der Waals surface area (Å²) in [5.74, 6) is 0.804. The number of halogens is 1. The second kappa shape index (κ2) is 5.16. The number of anilines is 2. The van der Waals surface area contributed by atoms with Gasteiger partial charge in [-0.3, -0.25) is 0 Å². The summed E-state index contributed by atoms with van der Waals surface area (Å²) in [7, 11) is 1.80. The standard InChI is InChI=1S/C9H15FN4S/c1-6(5-15-3)14(2)8-7(10)4-12-9(11)13-8/h4,6H,5H2,1-3H3,(H2,11,12,13). The summed E-state index contributed by atoms with van der Waals surface area (Å²) in [6, 6.07) is 0.198. The molecular formula is C9H15FN4S. The molecule has 1 aromatic rings. The van der Waals surface area contributed by atoms with E-state index in [1.54, 1.807) is 23.7 Å². The first kappa shape index (κ1) is 12.0. The Morgan fingerprint density at radius 2 is 2.33 bits per heavy atom. The molecule has 0 aliphatic carbocycles. The van der Waals surface area contributed by atoms with Crippen LogP contribution in [0.1, 0.15) is 6.92 Å². The van der Waals surface area contributed by atoms with Gasteiger partial charge in [0.2, 0.25) is 5.95 Å². The summed E-state index contributed by atoms with van der Waals surface area (Å²) < 4.78 is 13.4. The quantitative estimate of drug-likeness (QED) is 0.847. The summed E-state index contributed by atoms with van der Waals surface area (Å²) in [6.45, 7) is 2.01. The number of rotatable bonds is 4. The number of nitrogens with zero attached hydrogens (tertiary/aromatic N) is 3. The molecule has 0 saturated carbocycles. The Morgan fingerprint density at radius 1 is 1.67 bits per heavy atom. The molecule has 2 N–H and O–H groups in total. The van der Waals surface area contributed by atoms with Crippen molar-refractivity contribution in [2.75, 3.05) is 29.7 Å². The summed E-state index contributed by atoms with van der Waals surface area (Å²) in [5, 5.41) is 0. The third kappa shape index (κ3) is 2.95. The van der Waals surface area contributed by atoms with Gasteiger partial charge < -0.3 is 10.6 Å². The van der Waals surface area contributed by atoms with Gasteiger partial charge in [0.05, 0.1) is 6.20 Å². The minimum absolute atomic E-state index is 0.0922. The number of hydrogen-bond acceptors (Lipinski definition) is 5. The Kier molecular flexibility index (Phi) is 4.14. The van der Waals surface area contributed by atoms with E-state index in [4.69, 9.17) is 5.73 Å². The van der Waals surface area contributed by atoms with Gasteiger partial charge in [-0.1, -0.05) is 0 Å². The highest BCUT2D eigenvalue weighted by Crippen LogP contribution is 2.18. The molecule has 4 nitrogen and oxygen atoms in total. The molecule has 0 aromatic carbocycles. The van der Waals surface area contributed by atoms with Crippen molar-refractivity contribution in [1.82, 2.24) is 9.97 Å². The first-order chi connectivity index (χ1) is 7.06. The van der Waals surface area contributed by atoms with Gasteiger partial charge in [0, 0.05) is 18.8 Å². The number of nitrogen functional groups attached to an aromatic ring is 1. The fraction of sp³-hybridized carbons (Fsp3) is 0.556. The molecule has 1 heterocycles. The van der Waals surface area contributed by atoms with Gasteiger partial charge in [-0.05, 0) is 13.2 Å². The van der Waals surface area contributed by atoms with Crippen LogP contribution in [0.2, 0.25) is 0 Å². The van der Waals surface area contributed by atoms with E-state index in [-0.39, 0.29) is 17.8 Å². The second-order valence-electron chi connectivity index (χ2n) is 3.32. The number of thioether (sulfide) groups is 1. The third-order valence-electron chi connectivity index (χ3n) is 2.15. The molecule has 0 spiro atoms. The molecule has 1 aromatic heterocycles. The van der Waals surface area contributed by atoms with E-state index in [2.05, 4.69) is 9.97 Å². The van der Waals surface area contributed by atoms with Crippen LogP contribution < -0.4 is 10.6 Å². The number of hydrogen-bond donors (Lipinski definition) is 1. The summed E-state index contributed by atoms with van der Waals surface area (Å²) >= 11 is 1.70. The van der Waals surface area contributed by atoms with Gasteiger partial charge in [-0.25, -0.2) is 9.37 Å². The first-order valence-electron chi connectivity index (χ1n) is 4.56. The predicted octanol–water partition coefficient (Wildman–Crippen LogP) is 1.39. The van der Waals surface area contributed by atoms with Crippen molar-refractivity contribution in [1.29, 1.82) is 0 Å². The van der Waals surface area contributed by atoms with Gasteiger partial charge in [0.15, 0.2) is 11.6 Å². The van der Waals surface area contributed by atoms with Crippen LogP contribution in [0.25, 0.3) is 0 Å². The normalized spacial score (nSPS) is 12.5. The highest BCUT2D eigenvalue weighted by molar-refractivity contribution is 7.98. The van der Waals surface area contributed by atoms with Gasteiger partial charge in [0.25, 0.3) is 0 Å². The van der Waals surface area contributed by atoms with Crippen LogP contribution in [0, 0.1) is 5.82 Å². The third-order valence-corrected chi connectivity index (χ3v) is 2.96. The first-order valence-corrected chi connectivity index (χ1v) is 5.95.